The molecule has 0 radical (unpaired) electrons. The van der Waals surface area contributed by atoms with Crippen LogP contribution in [0.4, 0.5) is 5.69 Å². The number of fused-ring (bicyclic) bond motifs is 1. The fourth-order valence-corrected chi connectivity index (χ4v) is 4.21. The van der Waals surface area contributed by atoms with Crippen molar-refractivity contribution in [3.8, 4) is 5.75 Å². The quantitative estimate of drug-likeness (QED) is 0.458. The minimum atomic E-state index is -3.62. The smallest absolute Gasteiger partial charge is 0.261 e. The van der Waals surface area contributed by atoms with Gasteiger partial charge in [0.2, 0.25) is 0 Å². The molecular weight excluding hydrogens is 382 g/mol. The van der Waals surface area contributed by atoms with Gasteiger partial charge in [0.15, 0.2) is 0 Å². The SMILES string of the molecule is O=S(=O)(Nc1cccc(OCCc2ccc3ccccc3c2)c1)c1ccccc1. The fraction of sp³-hybridized carbons (Fsp3) is 0.0833. The van der Waals surface area contributed by atoms with Crippen LogP contribution in [-0.2, 0) is 16.4 Å². The number of anilines is 1. The minimum Gasteiger partial charge on any atom is -0.493 e. The molecule has 0 amide bonds. The maximum absolute atomic E-state index is 12.5. The van der Waals surface area contributed by atoms with Gasteiger partial charge in [-0.3, -0.25) is 4.72 Å². The van der Waals surface area contributed by atoms with E-state index in [4.69, 9.17) is 4.74 Å². The minimum absolute atomic E-state index is 0.225. The predicted molar refractivity (Wildman–Crippen MR) is 117 cm³/mol. The van der Waals surface area contributed by atoms with Gasteiger partial charge in [-0.25, -0.2) is 8.42 Å². The molecule has 0 aliphatic rings. The number of hydrogen-bond donors (Lipinski definition) is 1. The molecule has 0 unspecified atom stereocenters. The van der Waals surface area contributed by atoms with Gasteiger partial charge in [-0.1, -0.05) is 66.7 Å². The van der Waals surface area contributed by atoms with Crippen LogP contribution < -0.4 is 9.46 Å². The number of ether oxygens (including phenoxy) is 1. The second kappa shape index (κ2) is 8.37. The molecule has 4 aromatic carbocycles. The molecule has 0 aliphatic carbocycles. The standard InChI is InChI=1S/C24H21NO3S/c26-29(27,24-11-2-1-3-12-24)25-22-9-6-10-23(18-22)28-16-15-19-13-14-20-7-4-5-8-21(20)17-19/h1-14,17-18,25H,15-16H2. The van der Waals surface area contributed by atoms with Crippen LogP contribution in [0.2, 0.25) is 0 Å². The van der Waals surface area contributed by atoms with Crippen molar-refractivity contribution in [3.05, 3.63) is 103 Å². The maximum atomic E-state index is 12.5. The molecule has 0 spiro atoms. The molecule has 4 aromatic rings. The van der Waals surface area contributed by atoms with Crippen molar-refractivity contribution in [1.29, 1.82) is 0 Å². The van der Waals surface area contributed by atoms with Crippen LogP contribution in [0.25, 0.3) is 10.8 Å². The zero-order valence-corrected chi connectivity index (χ0v) is 16.6. The highest BCUT2D eigenvalue weighted by molar-refractivity contribution is 7.92. The van der Waals surface area contributed by atoms with E-state index < -0.39 is 10.0 Å². The van der Waals surface area contributed by atoms with E-state index in [1.54, 1.807) is 48.5 Å². The van der Waals surface area contributed by atoms with Gasteiger partial charge in [-0.05, 0) is 40.6 Å². The molecule has 4 nitrogen and oxygen atoms in total. The van der Waals surface area contributed by atoms with Crippen molar-refractivity contribution in [1.82, 2.24) is 0 Å². The third kappa shape index (κ3) is 4.76. The molecule has 146 valence electrons. The summed E-state index contributed by atoms with van der Waals surface area (Å²) in [6, 6.07) is 29.9. The molecule has 29 heavy (non-hydrogen) atoms. The van der Waals surface area contributed by atoms with E-state index in [-0.39, 0.29) is 4.90 Å². The Hall–Kier alpha value is -3.31. The average Bonchev–Trinajstić information content (AvgIpc) is 2.74. The van der Waals surface area contributed by atoms with Crippen LogP contribution in [-0.4, -0.2) is 15.0 Å². The van der Waals surface area contributed by atoms with E-state index in [0.717, 1.165) is 6.42 Å². The lowest BCUT2D eigenvalue weighted by atomic mass is 10.1. The van der Waals surface area contributed by atoms with Crippen molar-refractivity contribution < 1.29 is 13.2 Å². The molecule has 0 aromatic heterocycles. The second-order valence-corrected chi connectivity index (χ2v) is 8.41. The summed E-state index contributed by atoms with van der Waals surface area (Å²) in [5, 5.41) is 2.43. The summed E-state index contributed by atoms with van der Waals surface area (Å²) in [5.41, 5.74) is 1.67. The first-order valence-electron chi connectivity index (χ1n) is 9.39. The Kier molecular flexibility index (Phi) is 5.49. The largest absolute Gasteiger partial charge is 0.493 e. The molecule has 0 aliphatic heterocycles. The lowest BCUT2D eigenvalue weighted by Gasteiger charge is -2.11. The van der Waals surface area contributed by atoms with Gasteiger partial charge in [0.1, 0.15) is 5.75 Å². The molecule has 0 saturated carbocycles. The van der Waals surface area contributed by atoms with Crippen LogP contribution in [0.5, 0.6) is 5.75 Å². The molecule has 5 heteroatoms. The lowest BCUT2D eigenvalue weighted by Crippen LogP contribution is -2.12. The first kappa shape index (κ1) is 19.0. The number of benzene rings is 4. The highest BCUT2D eigenvalue weighted by Crippen LogP contribution is 2.21. The predicted octanol–water partition coefficient (Wildman–Crippen LogP) is 5.26. The van der Waals surface area contributed by atoms with E-state index >= 15 is 0 Å². The van der Waals surface area contributed by atoms with Gasteiger partial charge in [0.05, 0.1) is 17.2 Å². The summed E-state index contributed by atoms with van der Waals surface area (Å²) < 4.78 is 33.4. The Morgan fingerprint density at radius 2 is 1.48 bits per heavy atom. The average molecular weight is 404 g/mol. The number of sulfonamides is 1. The lowest BCUT2D eigenvalue weighted by molar-refractivity contribution is 0.322. The van der Waals surface area contributed by atoms with E-state index in [1.807, 2.05) is 18.2 Å². The third-order valence-electron chi connectivity index (χ3n) is 4.61. The van der Waals surface area contributed by atoms with Gasteiger partial charge >= 0.3 is 0 Å². The second-order valence-electron chi connectivity index (χ2n) is 6.73. The molecule has 0 saturated heterocycles. The van der Waals surface area contributed by atoms with E-state index in [1.165, 1.54) is 16.3 Å². The highest BCUT2D eigenvalue weighted by Gasteiger charge is 2.13. The third-order valence-corrected chi connectivity index (χ3v) is 6.01. The molecule has 4 rings (SSSR count). The van der Waals surface area contributed by atoms with Crippen molar-refractivity contribution in [2.75, 3.05) is 11.3 Å². The Bertz CT molecular complexity index is 1220. The Balaban J connectivity index is 1.40. The van der Waals surface area contributed by atoms with Crippen LogP contribution in [0.1, 0.15) is 5.56 Å². The van der Waals surface area contributed by atoms with Crippen LogP contribution in [0, 0.1) is 0 Å². The van der Waals surface area contributed by atoms with Gasteiger partial charge in [-0.2, -0.15) is 0 Å². The van der Waals surface area contributed by atoms with Crippen molar-refractivity contribution in [2.45, 2.75) is 11.3 Å². The van der Waals surface area contributed by atoms with E-state index in [9.17, 15) is 8.42 Å². The normalized spacial score (nSPS) is 11.3. The van der Waals surface area contributed by atoms with Crippen molar-refractivity contribution in [2.24, 2.45) is 0 Å². The zero-order chi connectivity index (χ0) is 20.1. The maximum Gasteiger partial charge on any atom is 0.261 e. The zero-order valence-electron chi connectivity index (χ0n) is 15.8. The van der Waals surface area contributed by atoms with E-state index in [2.05, 4.69) is 35.1 Å². The summed E-state index contributed by atoms with van der Waals surface area (Å²) in [4.78, 5) is 0.225. The van der Waals surface area contributed by atoms with Crippen LogP contribution in [0.3, 0.4) is 0 Å². The summed E-state index contributed by atoms with van der Waals surface area (Å²) in [7, 11) is -3.62. The fourth-order valence-electron chi connectivity index (χ4n) is 3.14. The molecule has 0 atom stereocenters. The van der Waals surface area contributed by atoms with Gasteiger partial charge < -0.3 is 4.74 Å². The number of hydrogen-bond acceptors (Lipinski definition) is 3. The Morgan fingerprint density at radius 1 is 0.724 bits per heavy atom. The van der Waals surface area contributed by atoms with Gasteiger partial charge in [0, 0.05) is 12.5 Å². The molecule has 0 bridgehead atoms. The topological polar surface area (TPSA) is 55.4 Å². The first-order valence-corrected chi connectivity index (χ1v) is 10.9. The monoisotopic (exact) mass is 403 g/mol. The van der Waals surface area contributed by atoms with Crippen LogP contribution >= 0.6 is 0 Å². The molecule has 1 N–H and O–H groups in total. The Morgan fingerprint density at radius 3 is 2.31 bits per heavy atom. The van der Waals surface area contributed by atoms with Crippen molar-refractivity contribution in [3.63, 3.8) is 0 Å². The molecular formula is C24H21NO3S. The van der Waals surface area contributed by atoms with Gasteiger partial charge in [-0.15, -0.1) is 0 Å². The van der Waals surface area contributed by atoms with E-state index in [0.29, 0.717) is 18.0 Å². The number of nitrogens with one attached hydrogen (secondary N) is 1. The van der Waals surface area contributed by atoms with Crippen LogP contribution in [0.15, 0.2) is 102 Å². The molecule has 0 heterocycles. The summed E-state index contributed by atoms with van der Waals surface area (Å²) in [5.74, 6) is 0.624. The van der Waals surface area contributed by atoms with Crippen molar-refractivity contribution >= 4 is 26.5 Å². The first-order chi connectivity index (χ1) is 14.1. The summed E-state index contributed by atoms with van der Waals surface area (Å²) in [6.07, 6.45) is 0.769. The highest BCUT2D eigenvalue weighted by atomic mass is 32.2. The molecule has 0 fully saturated rings. The Labute approximate surface area is 170 Å². The number of rotatable bonds is 7. The van der Waals surface area contributed by atoms with Gasteiger partial charge in [0.25, 0.3) is 10.0 Å². The summed E-state index contributed by atoms with van der Waals surface area (Å²) in [6.45, 7) is 0.507. The summed E-state index contributed by atoms with van der Waals surface area (Å²) >= 11 is 0.